The third kappa shape index (κ3) is 3.30. The Balaban J connectivity index is 2.02. The van der Waals surface area contributed by atoms with Crippen molar-refractivity contribution in [3.8, 4) is 0 Å². The lowest BCUT2D eigenvalue weighted by molar-refractivity contribution is 0.384. The van der Waals surface area contributed by atoms with Crippen LogP contribution in [0.4, 0.5) is 0 Å². The summed E-state index contributed by atoms with van der Waals surface area (Å²) in [5.41, 5.74) is -0.140. The maximum Gasteiger partial charge on any atom is 0.237 e. The minimum atomic E-state index is -0.140. The molecule has 0 atom stereocenters. The van der Waals surface area contributed by atoms with E-state index in [0.29, 0.717) is 16.8 Å². The minimum absolute atomic E-state index is 0.140. The number of nitrogen functional groups attached to an aromatic ring is 1. The van der Waals surface area contributed by atoms with E-state index in [1.165, 1.54) is 16.4 Å². The van der Waals surface area contributed by atoms with Crippen molar-refractivity contribution in [1.29, 1.82) is 0 Å². The molecule has 0 aliphatic carbocycles. The highest BCUT2D eigenvalue weighted by molar-refractivity contribution is 7.98. The first-order valence-electron chi connectivity index (χ1n) is 6.57. The van der Waals surface area contributed by atoms with Crippen molar-refractivity contribution in [3.63, 3.8) is 0 Å². The van der Waals surface area contributed by atoms with E-state index in [2.05, 4.69) is 27.3 Å². The molecule has 110 valence electrons. The van der Waals surface area contributed by atoms with E-state index in [1.54, 1.807) is 0 Å². The summed E-state index contributed by atoms with van der Waals surface area (Å²) < 4.78 is 6.69. The summed E-state index contributed by atoms with van der Waals surface area (Å²) in [4.78, 5) is 4.30. The van der Waals surface area contributed by atoms with Crippen LogP contribution < -0.4 is 5.84 Å². The number of rotatable bonds is 5. The van der Waals surface area contributed by atoms with Crippen molar-refractivity contribution in [2.24, 2.45) is 0 Å². The van der Waals surface area contributed by atoms with E-state index in [1.807, 2.05) is 20.8 Å². The van der Waals surface area contributed by atoms with Crippen LogP contribution in [0, 0.1) is 0 Å². The van der Waals surface area contributed by atoms with Gasteiger partial charge in [0, 0.05) is 11.8 Å². The summed E-state index contributed by atoms with van der Waals surface area (Å²) in [5, 5.41) is 12.8. The van der Waals surface area contributed by atoms with Crippen LogP contribution in [0.5, 0.6) is 0 Å². The number of hydrogen-bond donors (Lipinski definition) is 1. The first-order valence-corrected chi connectivity index (χ1v) is 7.55. The Labute approximate surface area is 122 Å². The molecule has 0 saturated heterocycles. The van der Waals surface area contributed by atoms with E-state index in [4.69, 9.17) is 10.4 Å². The van der Waals surface area contributed by atoms with Gasteiger partial charge < -0.3 is 10.4 Å². The van der Waals surface area contributed by atoms with E-state index in [-0.39, 0.29) is 5.41 Å². The van der Waals surface area contributed by atoms with Gasteiger partial charge in [-0.15, -0.1) is 10.2 Å². The Kier molecular flexibility index (Phi) is 4.32. The number of aromatic nitrogens is 5. The Morgan fingerprint density at radius 3 is 2.65 bits per heavy atom. The summed E-state index contributed by atoms with van der Waals surface area (Å²) in [6.07, 6.45) is 1.83. The molecule has 2 N–H and O–H groups in total. The molecular formula is C12H20N6OS. The number of nitrogens with two attached hydrogens (primary N) is 1. The highest BCUT2D eigenvalue weighted by atomic mass is 32.2. The molecule has 7 nitrogen and oxygen atoms in total. The highest BCUT2D eigenvalue weighted by Crippen LogP contribution is 2.24. The molecule has 20 heavy (non-hydrogen) atoms. The smallest absolute Gasteiger partial charge is 0.237 e. The molecule has 8 heteroatoms. The van der Waals surface area contributed by atoms with E-state index < -0.39 is 0 Å². The normalized spacial score (nSPS) is 12.0. The average Bonchev–Trinajstić information content (AvgIpc) is 2.93. The SMILES string of the molecule is CCCc1noc(CSc2nnc(C(C)(C)C)n2N)n1. The van der Waals surface area contributed by atoms with Crippen molar-refractivity contribution in [2.75, 3.05) is 5.84 Å². The van der Waals surface area contributed by atoms with Gasteiger partial charge in [-0.05, 0) is 6.42 Å². The predicted octanol–water partition coefficient (Wildman–Crippen LogP) is 1.92. The molecule has 0 radical (unpaired) electrons. The molecule has 2 aromatic rings. The fourth-order valence-corrected chi connectivity index (χ4v) is 2.38. The van der Waals surface area contributed by atoms with Crippen molar-refractivity contribution in [2.45, 2.75) is 56.9 Å². The van der Waals surface area contributed by atoms with Crippen LogP contribution in [0.25, 0.3) is 0 Å². The average molecular weight is 296 g/mol. The van der Waals surface area contributed by atoms with Gasteiger partial charge in [0.05, 0.1) is 5.75 Å². The number of thioether (sulfide) groups is 1. The predicted molar refractivity (Wildman–Crippen MR) is 76.7 cm³/mol. The van der Waals surface area contributed by atoms with Gasteiger partial charge in [0.1, 0.15) is 0 Å². The van der Waals surface area contributed by atoms with E-state index in [0.717, 1.165) is 24.5 Å². The largest absolute Gasteiger partial charge is 0.338 e. The third-order valence-electron chi connectivity index (χ3n) is 2.64. The molecule has 0 fully saturated rings. The standard InChI is InChI=1S/C12H20N6OS/c1-5-6-8-14-9(19-17-8)7-20-11-16-15-10(18(11)13)12(2,3)4/h5-7,13H2,1-4H3. The third-order valence-corrected chi connectivity index (χ3v) is 3.57. The highest BCUT2D eigenvalue weighted by Gasteiger charge is 2.23. The van der Waals surface area contributed by atoms with Gasteiger partial charge in [0.2, 0.25) is 11.0 Å². The molecule has 0 aliphatic heterocycles. The van der Waals surface area contributed by atoms with Gasteiger partial charge in [-0.1, -0.05) is 44.6 Å². The second-order valence-electron chi connectivity index (χ2n) is 5.57. The number of aryl methyl sites for hydroxylation is 1. The van der Waals surface area contributed by atoms with Crippen LogP contribution in [-0.4, -0.2) is 25.0 Å². The maximum atomic E-state index is 6.01. The molecule has 0 unspecified atom stereocenters. The van der Waals surface area contributed by atoms with Crippen molar-refractivity contribution in [1.82, 2.24) is 25.0 Å². The van der Waals surface area contributed by atoms with Crippen LogP contribution in [-0.2, 0) is 17.6 Å². The molecule has 0 spiro atoms. The summed E-state index contributed by atoms with van der Waals surface area (Å²) in [5.74, 6) is 8.62. The van der Waals surface area contributed by atoms with Crippen LogP contribution in [0.1, 0.15) is 51.7 Å². The summed E-state index contributed by atoms with van der Waals surface area (Å²) >= 11 is 1.44. The monoisotopic (exact) mass is 296 g/mol. The molecule has 0 aliphatic rings. The van der Waals surface area contributed by atoms with Crippen LogP contribution in [0.3, 0.4) is 0 Å². The van der Waals surface area contributed by atoms with Crippen molar-refractivity contribution in [3.05, 3.63) is 17.5 Å². The van der Waals surface area contributed by atoms with Crippen LogP contribution in [0.2, 0.25) is 0 Å². The fraction of sp³-hybridized carbons (Fsp3) is 0.667. The lowest BCUT2D eigenvalue weighted by Crippen LogP contribution is -2.24. The minimum Gasteiger partial charge on any atom is -0.338 e. The van der Waals surface area contributed by atoms with Gasteiger partial charge in [0.25, 0.3) is 0 Å². The van der Waals surface area contributed by atoms with E-state index >= 15 is 0 Å². The lowest BCUT2D eigenvalue weighted by Gasteiger charge is -2.16. The number of nitrogens with zero attached hydrogens (tertiary/aromatic N) is 5. The Bertz CT molecular complexity index is 571. The molecule has 0 saturated carbocycles. The molecule has 0 amide bonds. The second-order valence-corrected chi connectivity index (χ2v) is 6.51. The van der Waals surface area contributed by atoms with Gasteiger partial charge >= 0.3 is 0 Å². The zero-order valence-corrected chi connectivity index (χ0v) is 13.1. The Morgan fingerprint density at radius 1 is 1.30 bits per heavy atom. The molecule has 0 bridgehead atoms. The van der Waals surface area contributed by atoms with Crippen LogP contribution >= 0.6 is 11.8 Å². The Hall–Kier alpha value is -1.57. The second kappa shape index (κ2) is 5.82. The first kappa shape index (κ1) is 14.8. The molecule has 0 aromatic carbocycles. The summed E-state index contributed by atoms with van der Waals surface area (Å²) in [6.45, 7) is 8.22. The molecular weight excluding hydrogens is 276 g/mol. The van der Waals surface area contributed by atoms with Crippen LogP contribution in [0.15, 0.2) is 9.68 Å². The summed E-state index contributed by atoms with van der Waals surface area (Å²) in [6, 6.07) is 0. The zero-order valence-electron chi connectivity index (χ0n) is 12.3. The van der Waals surface area contributed by atoms with E-state index in [9.17, 15) is 0 Å². The molecule has 2 aromatic heterocycles. The summed E-state index contributed by atoms with van der Waals surface area (Å²) in [7, 11) is 0. The number of hydrogen-bond acceptors (Lipinski definition) is 7. The maximum absolute atomic E-state index is 6.01. The quantitative estimate of drug-likeness (QED) is 0.665. The van der Waals surface area contributed by atoms with Crippen molar-refractivity contribution >= 4 is 11.8 Å². The first-order chi connectivity index (χ1) is 9.41. The van der Waals surface area contributed by atoms with Gasteiger partial charge in [0.15, 0.2) is 11.6 Å². The van der Waals surface area contributed by atoms with Gasteiger partial charge in [-0.2, -0.15) is 4.98 Å². The fourth-order valence-electron chi connectivity index (χ4n) is 1.69. The van der Waals surface area contributed by atoms with Gasteiger partial charge in [-0.25, -0.2) is 4.68 Å². The molecule has 2 rings (SSSR count). The lowest BCUT2D eigenvalue weighted by atomic mass is 9.96. The van der Waals surface area contributed by atoms with Gasteiger partial charge in [-0.3, -0.25) is 0 Å². The van der Waals surface area contributed by atoms with Crippen molar-refractivity contribution < 1.29 is 4.52 Å². The Morgan fingerprint density at radius 2 is 2.05 bits per heavy atom. The topological polar surface area (TPSA) is 95.7 Å². The zero-order chi connectivity index (χ0) is 14.8. The molecule has 2 heterocycles.